The van der Waals surface area contributed by atoms with Gasteiger partial charge < -0.3 is 15.8 Å². The molecule has 0 aliphatic heterocycles. The van der Waals surface area contributed by atoms with E-state index in [2.05, 4.69) is 27.2 Å². The Morgan fingerprint density at radius 1 is 1.35 bits per heavy atom. The minimum Gasteiger partial charge on any atom is -0.476 e. The maximum atomic E-state index is 6.00. The molecule has 0 aliphatic carbocycles. The Labute approximate surface area is 118 Å². The molecule has 0 radical (unpaired) electrons. The molecule has 0 saturated heterocycles. The molecule has 2 rings (SSSR count). The smallest absolute Gasteiger partial charge is 0.242 e. The van der Waals surface area contributed by atoms with Gasteiger partial charge in [0.15, 0.2) is 5.82 Å². The lowest BCUT2D eigenvalue weighted by Crippen LogP contribution is -2.08. The van der Waals surface area contributed by atoms with Gasteiger partial charge in [-0.3, -0.25) is 4.98 Å². The minimum absolute atomic E-state index is 0.433. The van der Waals surface area contributed by atoms with Gasteiger partial charge in [-0.2, -0.15) is 4.98 Å². The van der Waals surface area contributed by atoms with Crippen LogP contribution in [0.4, 0.5) is 11.5 Å². The van der Waals surface area contributed by atoms with Crippen molar-refractivity contribution in [3.8, 4) is 5.88 Å². The van der Waals surface area contributed by atoms with Crippen LogP contribution in [-0.4, -0.2) is 21.6 Å². The molecule has 0 unspecified atom stereocenters. The Hall–Kier alpha value is -2.37. The van der Waals surface area contributed by atoms with Crippen LogP contribution in [-0.2, 0) is 6.54 Å². The summed E-state index contributed by atoms with van der Waals surface area (Å²) in [6.45, 7) is 3.32. The molecule has 20 heavy (non-hydrogen) atoms. The van der Waals surface area contributed by atoms with Crippen molar-refractivity contribution in [2.24, 2.45) is 0 Å². The van der Waals surface area contributed by atoms with Gasteiger partial charge in [-0.1, -0.05) is 19.4 Å². The van der Waals surface area contributed by atoms with Gasteiger partial charge in [0.25, 0.3) is 0 Å². The van der Waals surface area contributed by atoms with Crippen LogP contribution in [0.5, 0.6) is 5.88 Å². The second-order valence-corrected chi connectivity index (χ2v) is 4.36. The van der Waals surface area contributed by atoms with Gasteiger partial charge in [-0.15, -0.1) is 0 Å². The third-order valence-electron chi connectivity index (χ3n) is 2.77. The summed E-state index contributed by atoms with van der Waals surface area (Å²) in [4.78, 5) is 12.2. The van der Waals surface area contributed by atoms with Gasteiger partial charge in [0, 0.05) is 18.9 Å². The second kappa shape index (κ2) is 7.28. The number of hydrogen-bond donors (Lipinski definition) is 2. The minimum atomic E-state index is 0.433. The first kappa shape index (κ1) is 14.0. The van der Waals surface area contributed by atoms with Gasteiger partial charge in [-0.25, -0.2) is 4.98 Å². The zero-order valence-electron chi connectivity index (χ0n) is 11.5. The van der Waals surface area contributed by atoms with Gasteiger partial charge in [0.05, 0.1) is 6.61 Å². The lowest BCUT2D eigenvalue weighted by molar-refractivity contribution is 0.299. The molecule has 0 bridgehead atoms. The first-order chi connectivity index (χ1) is 9.81. The highest BCUT2D eigenvalue weighted by molar-refractivity contribution is 5.66. The molecule has 106 valence electrons. The molecule has 2 heterocycles. The number of ether oxygens (including phenoxy) is 1. The Balaban J connectivity index is 1.99. The van der Waals surface area contributed by atoms with Crippen LogP contribution >= 0.6 is 0 Å². The van der Waals surface area contributed by atoms with E-state index in [1.54, 1.807) is 12.4 Å². The van der Waals surface area contributed by atoms with Crippen LogP contribution < -0.4 is 15.8 Å². The van der Waals surface area contributed by atoms with Gasteiger partial charge in [0.1, 0.15) is 12.0 Å². The average molecular weight is 273 g/mol. The van der Waals surface area contributed by atoms with Crippen LogP contribution in [0.1, 0.15) is 25.3 Å². The van der Waals surface area contributed by atoms with Crippen molar-refractivity contribution in [1.82, 2.24) is 15.0 Å². The molecular weight excluding hydrogens is 254 g/mol. The summed E-state index contributed by atoms with van der Waals surface area (Å²) in [6, 6.07) is 3.87. The van der Waals surface area contributed by atoms with Crippen molar-refractivity contribution in [1.29, 1.82) is 0 Å². The third kappa shape index (κ3) is 3.81. The molecule has 0 aromatic carbocycles. The molecule has 2 aromatic rings. The largest absolute Gasteiger partial charge is 0.476 e. The van der Waals surface area contributed by atoms with Gasteiger partial charge >= 0.3 is 0 Å². The number of nitrogens with zero attached hydrogens (tertiary/aromatic N) is 3. The number of hydrogen-bond acceptors (Lipinski definition) is 6. The van der Waals surface area contributed by atoms with Crippen LogP contribution in [0, 0.1) is 0 Å². The summed E-state index contributed by atoms with van der Waals surface area (Å²) >= 11 is 0. The SMILES string of the molecule is CCCCOc1ncnc(NCc2cccnc2)c1N. The normalized spacial score (nSPS) is 10.2. The Morgan fingerprint density at radius 2 is 2.25 bits per heavy atom. The molecule has 3 N–H and O–H groups in total. The second-order valence-electron chi connectivity index (χ2n) is 4.36. The zero-order valence-corrected chi connectivity index (χ0v) is 11.5. The van der Waals surface area contributed by atoms with Gasteiger partial charge in [-0.05, 0) is 18.1 Å². The lowest BCUT2D eigenvalue weighted by atomic mass is 10.3. The van der Waals surface area contributed by atoms with E-state index in [0.717, 1.165) is 18.4 Å². The molecule has 2 aromatic heterocycles. The van der Waals surface area contributed by atoms with E-state index in [0.29, 0.717) is 30.5 Å². The molecule has 0 fully saturated rings. The van der Waals surface area contributed by atoms with Crippen molar-refractivity contribution in [3.05, 3.63) is 36.4 Å². The van der Waals surface area contributed by atoms with Crippen molar-refractivity contribution in [2.75, 3.05) is 17.7 Å². The first-order valence-corrected chi connectivity index (χ1v) is 6.67. The number of aromatic nitrogens is 3. The summed E-state index contributed by atoms with van der Waals surface area (Å²) in [5.41, 5.74) is 7.49. The maximum Gasteiger partial charge on any atom is 0.242 e. The number of nitrogens with one attached hydrogen (secondary N) is 1. The predicted octanol–water partition coefficient (Wildman–Crippen LogP) is 2.24. The summed E-state index contributed by atoms with van der Waals surface area (Å²) in [5, 5.41) is 3.16. The van der Waals surface area contributed by atoms with Gasteiger partial charge in [0.2, 0.25) is 5.88 Å². The van der Waals surface area contributed by atoms with Crippen molar-refractivity contribution >= 4 is 11.5 Å². The highest BCUT2D eigenvalue weighted by Gasteiger charge is 2.08. The quantitative estimate of drug-likeness (QED) is 0.752. The number of unbranched alkanes of at least 4 members (excludes halogenated alkanes) is 1. The number of rotatable bonds is 7. The van der Waals surface area contributed by atoms with E-state index in [-0.39, 0.29) is 0 Å². The summed E-state index contributed by atoms with van der Waals surface area (Å²) in [5.74, 6) is 1.01. The van der Waals surface area contributed by atoms with Crippen molar-refractivity contribution in [2.45, 2.75) is 26.3 Å². The van der Waals surface area contributed by atoms with Crippen molar-refractivity contribution in [3.63, 3.8) is 0 Å². The number of pyridine rings is 1. The molecular formula is C14H19N5O. The summed E-state index contributed by atoms with van der Waals surface area (Å²) in [7, 11) is 0. The summed E-state index contributed by atoms with van der Waals surface area (Å²) < 4.78 is 5.54. The summed E-state index contributed by atoms with van der Waals surface area (Å²) in [6.07, 6.45) is 7.02. The predicted molar refractivity (Wildman–Crippen MR) is 78.4 cm³/mol. The molecule has 0 saturated carbocycles. The van der Waals surface area contributed by atoms with Crippen LogP contribution in [0.3, 0.4) is 0 Å². The monoisotopic (exact) mass is 273 g/mol. The van der Waals surface area contributed by atoms with Crippen LogP contribution in [0.15, 0.2) is 30.9 Å². The average Bonchev–Trinajstić information content (AvgIpc) is 2.49. The fourth-order valence-electron chi connectivity index (χ4n) is 1.64. The van der Waals surface area contributed by atoms with E-state index >= 15 is 0 Å². The maximum absolute atomic E-state index is 6.00. The third-order valence-corrected chi connectivity index (χ3v) is 2.77. The molecule has 0 amide bonds. The van der Waals surface area contributed by atoms with E-state index < -0.39 is 0 Å². The first-order valence-electron chi connectivity index (χ1n) is 6.67. The van der Waals surface area contributed by atoms with E-state index in [1.807, 2.05) is 12.1 Å². The molecule has 0 atom stereocenters. The van der Waals surface area contributed by atoms with Crippen LogP contribution in [0.25, 0.3) is 0 Å². The fraction of sp³-hybridized carbons (Fsp3) is 0.357. The Morgan fingerprint density at radius 3 is 3.00 bits per heavy atom. The molecule has 6 nitrogen and oxygen atoms in total. The zero-order chi connectivity index (χ0) is 14.2. The standard InChI is InChI=1S/C14H19N5O/c1-2-3-7-20-14-12(15)13(18-10-19-14)17-9-11-5-4-6-16-8-11/h4-6,8,10H,2-3,7,9,15H2,1H3,(H,17,18,19). The fourth-order valence-corrected chi connectivity index (χ4v) is 1.64. The molecule has 0 spiro atoms. The van der Waals surface area contributed by atoms with E-state index in [1.165, 1.54) is 6.33 Å². The molecule has 6 heteroatoms. The number of nitrogen functional groups attached to an aromatic ring is 1. The molecule has 0 aliphatic rings. The number of nitrogens with two attached hydrogens (primary N) is 1. The van der Waals surface area contributed by atoms with Crippen LogP contribution in [0.2, 0.25) is 0 Å². The van der Waals surface area contributed by atoms with Crippen molar-refractivity contribution < 1.29 is 4.74 Å². The highest BCUT2D eigenvalue weighted by atomic mass is 16.5. The highest BCUT2D eigenvalue weighted by Crippen LogP contribution is 2.25. The Bertz CT molecular complexity index is 532. The topological polar surface area (TPSA) is 86.0 Å². The lowest BCUT2D eigenvalue weighted by Gasteiger charge is -2.11. The number of anilines is 2. The Kier molecular flexibility index (Phi) is 5.11. The van der Waals surface area contributed by atoms with E-state index in [9.17, 15) is 0 Å². The van der Waals surface area contributed by atoms with E-state index in [4.69, 9.17) is 10.5 Å².